The molecule has 92 valence electrons. The first-order valence-corrected chi connectivity index (χ1v) is 7.30. The third-order valence-corrected chi connectivity index (χ3v) is 4.24. The monoisotopic (exact) mass is 350 g/mol. The lowest BCUT2D eigenvalue weighted by Gasteiger charge is -2.20. The van der Waals surface area contributed by atoms with Crippen LogP contribution in [0.25, 0.3) is 11.1 Å². The number of rotatable bonds is 1. The van der Waals surface area contributed by atoms with Gasteiger partial charge in [0, 0.05) is 33.6 Å². The molecule has 1 aromatic heterocycles. The van der Waals surface area contributed by atoms with Gasteiger partial charge < -0.3 is 0 Å². The van der Waals surface area contributed by atoms with Gasteiger partial charge in [-0.05, 0) is 17.5 Å². The van der Waals surface area contributed by atoms with E-state index in [-0.39, 0.29) is 5.41 Å². The SMILES string of the molecule is CCc1nc(I)nc2c1-c1ccccc1C2(C)C. The second-order valence-electron chi connectivity index (χ2n) is 5.19. The summed E-state index contributed by atoms with van der Waals surface area (Å²) in [5, 5.41) is 0. The van der Waals surface area contributed by atoms with Crippen LogP contribution in [-0.2, 0) is 11.8 Å². The van der Waals surface area contributed by atoms with Crippen LogP contribution in [0.1, 0.15) is 37.7 Å². The van der Waals surface area contributed by atoms with E-state index in [1.807, 2.05) is 0 Å². The maximum atomic E-state index is 4.71. The van der Waals surface area contributed by atoms with Crippen LogP contribution in [-0.4, -0.2) is 9.97 Å². The van der Waals surface area contributed by atoms with Gasteiger partial charge in [0.2, 0.25) is 0 Å². The molecule has 0 bridgehead atoms. The number of hydrogen-bond donors (Lipinski definition) is 0. The summed E-state index contributed by atoms with van der Waals surface area (Å²) in [6, 6.07) is 8.61. The zero-order valence-electron chi connectivity index (χ0n) is 10.8. The van der Waals surface area contributed by atoms with Crippen molar-refractivity contribution in [3.05, 3.63) is 45.0 Å². The summed E-state index contributed by atoms with van der Waals surface area (Å²) in [5.41, 5.74) is 6.27. The highest BCUT2D eigenvalue weighted by Crippen LogP contribution is 2.48. The van der Waals surface area contributed by atoms with Crippen LogP contribution < -0.4 is 0 Å². The van der Waals surface area contributed by atoms with Gasteiger partial charge in [0.15, 0.2) is 3.83 Å². The van der Waals surface area contributed by atoms with Gasteiger partial charge in [-0.3, -0.25) is 0 Å². The standard InChI is InChI=1S/C15H15IN2/c1-4-11-12-9-7-5-6-8-10(9)15(2,3)13(12)18-14(16)17-11/h5-8H,4H2,1-3H3. The second-order valence-corrected chi connectivity index (χ2v) is 6.15. The first-order valence-electron chi connectivity index (χ1n) is 6.22. The molecule has 2 aromatic rings. The van der Waals surface area contributed by atoms with Gasteiger partial charge in [-0.15, -0.1) is 0 Å². The number of fused-ring (bicyclic) bond motifs is 3. The summed E-state index contributed by atoms with van der Waals surface area (Å²) in [5.74, 6) is 0. The molecular weight excluding hydrogens is 335 g/mol. The van der Waals surface area contributed by atoms with E-state index in [2.05, 4.69) is 72.6 Å². The molecule has 1 aliphatic carbocycles. The van der Waals surface area contributed by atoms with Gasteiger partial charge in [-0.2, -0.15) is 0 Å². The van der Waals surface area contributed by atoms with Crippen molar-refractivity contribution >= 4 is 22.6 Å². The van der Waals surface area contributed by atoms with Gasteiger partial charge in [0.1, 0.15) is 0 Å². The van der Waals surface area contributed by atoms with E-state index in [0.717, 1.165) is 10.3 Å². The van der Waals surface area contributed by atoms with Gasteiger partial charge in [0.05, 0.1) is 11.4 Å². The lowest BCUT2D eigenvalue weighted by molar-refractivity contribution is 0.630. The molecule has 0 N–H and O–H groups in total. The smallest absolute Gasteiger partial charge is 0.191 e. The predicted molar refractivity (Wildman–Crippen MR) is 81.7 cm³/mol. The molecule has 0 atom stereocenters. The molecule has 0 radical (unpaired) electrons. The fourth-order valence-electron chi connectivity index (χ4n) is 2.84. The van der Waals surface area contributed by atoms with Gasteiger partial charge in [-0.1, -0.05) is 45.0 Å². The molecule has 0 unspecified atom stereocenters. The molecule has 0 amide bonds. The molecule has 3 rings (SSSR count). The summed E-state index contributed by atoms with van der Waals surface area (Å²) in [7, 11) is 0. The lowest BCUT2D eigenvalue weighted by Crippen LogP contribution is -2.18. The number of nitrogens with zero attached hydrogens (tertiary/aromatic N) is 2. The van der Waals surface area contributed by atoms with Gasteiger partial charge in [-0.25, -0.2) is 9.97 Å². The topological polar surface area (TPSA) is 25.8 Å². The van der Waals surface area contributed by atoms with Gasteiger partial charge in [0.25, 0.3) is 0 Å². The van der Waals surface area contributed by atoms with Crippen LogP contribution in [0.3, 0.4) is 0 Å². The summed E-state index contributed by atoms with van der Waals surface area (Å²) in [6.07, 6.45) is 0.950. The quantitative estimate of drug-likeness (QED) is 0.575. The van der Waals surface area contributed by atoms with Crippen LogP contribution in [0.15, 0.2) is 24.3 Å². The van der Waals surface area contributed by atoms with Crippen molar-refractivity contribution in [2.24, 2.45) is 0 Å². The lowest BCUT2D eigenvalue weighted by atomic mass is 9.85. The molecule has 1 heterocycles. The predicted octanol–water partition coefficient (Wildman–Crippen LogP) is 3.95. The van der Waals surface area contributed by atoms with Crippen molar-refractivity contribution in [1.29, 1.82) is 0 Å². The van der Waals surface area contributed by atoms with Crippen molar-refractivity contribution in [1.82, 2.24) is 9.97 Å². The van der Waals surface area contributed by atoms with E-state index >= 15 is 0 Å². The van der Waals surface area contributed by atoms with Gasteiger partial charge >= 0.3 is 0 Å². The molecule has 0 aliphatic heterocycles. The van der Waals surface area contributed by atoms with Crippen LogP contribution in [0.2, 0.25) is 0 Å². The summed E-state index contributed by atoms with van der Waals surface area (Å²) in [4.78, 5) is 9.31. The number of halogens is 1. The van der Waals surface area contributed by atoms with Crippen molar-refractivity contribution < 1.29 is 0 Å². The molecule has 1 aliphatic rings. The Morgan fingerprint density at radius 1 is 1.17 bits per heavy atom. The first kappa shape index (κ1) is 12.1. The van der Waals surface area contributed by atoms with Crippen molar-refractivity contribution in [2.45, 2.75) is 32.6 Å². The highest BCUT2D eigenvalue weighted by molar-refractivity contribution is 14.1. The summed E-state index contributed by atoms with van der Waals surface area (Å²) < 4.78 is 0.851. The van der Waals surface area contributed by atoms with Crippen molar-refractivity contribution in [3.63, 3.8) is 0 Å². The average molecular weight is 350 g/mol. The Labute approximate surface area is 121 Å². The number of aromatic nitrogens is 2. The fraction of sp³-hybridized carbons (Fsp3) is 0.333. The molecule has 0 saturated carbocycles. The third-order valence-electron chi connectivity index (χ3n) is 3.75. The molecule has 0 fully saturated rings. The Kier molecular flexibility index (Phi) is 2.70. The van der Waals surface area contributed by atoms with Crippen molar-refractivity contribution in [2.75, 3.05) is 0 Å². The Morgan fingerprint density at radius 3 is 2.61 bits per heavy atom. The average Bonchev–Trinajstić information content (AvgIpc) is 2.59. The van der Waals surface area contributed by atoms with Crippen LogP contribution in [0.5, 0.6) is 0 Å². The molecule has 1 aromatic carbocycles. The molecule has 2 nitrogen and oxygen atoms in total. The largest absolute Gasteiger partial charge is 0.227 e. The van der Waals surface area contributed by atoms with E-state index in [1.54, 1.807) is 0 Å². The zero-order chi connectivity index (χ0) is 12.9. The van der Waals surface area contributed by atoms with E-state index in [4.69, 9.17) is 4.98 Å². The summed E-state index contributed by atoms with van der Waals surface area (Å²) in [6.45, 7) is 6.66. The molecule has 0 saturated heterocycles. The zero-order valence-corrected chi connectivity index (χ0v) is 12.9. The normalized spacial score (nSPS) is 15.3. The maximum absolute atomic E-state index is 4.71. The van der Waals surface area contributed by atoms with E-state index < -0.39 is 0 Å². The minimum Gasteiger partial charge on any atom is -0.227 e. The molecular formula is C15H15IN2. The third kappa shape index (κ3) is 1.53. The minimum absolute atomic E-state index is 0.0152. The van der Waals surface area contributed by atoms with Crippen LogP contribution in [0, 0.1) is 3.83 Å². The fourth-order valence-corrected chi connectivity index (χ4v) is 3.37. The van der Waals surface area contributed by atoms with Crippen LogP contribution in [0.4, 0.5) is 0 Å². The number of hydrogen-bond acceptors (Lipinski definition) is 2. The number of benzene rings is 1. The highest BCUT2D eigenvalue weighted by atomic mass is 127. The Morgan fingerprint density at radius 2 is 1.89 bits per heavy atom. The summed E-state index contributed by atoms with van der Waals surface area (Å²) >= 11 is 2.22. The minimum atomic E-state index is -0.0152. The van der Waals surface area contributed by atoms with E-state index in [1.165, 1.54) is 28.1 Å². The maximum Gasteiger partial charge on any atom is 0.191 e. The van der Waals surface area contributed by atoms with E-state index in [0.29, 0.717) is 0 Å². The van der Waals surface area contributed by atoms with Crippen LogP contribution >= 0.6 is 22.6 Å². The molecule has 3 heteroatoms. The first-order chi connectivity index (χ1) is 8.55. The highest BCUT2D eigenvalue weighted by Gasteiger charge is 2.38. The van der Waals surface area contributed by atoms with Crippen molar-refractivity contribution in [3.8, 4) is 11.1 Å². The Balaban J connectivity index is 2.42. The Hall–Kier alpha value is -0.970. The Bertz CT molecular complexity index is 632. The molecule has 18 heavy (non-hydrogen) atoms. The van der Waals surface area contributed by atoms with E-state index in [9.17, 15) is 0 Å². The number of aryl methyl sites for hydroxylation is 1. The second kappa shape index (κ2) is 4.02. The molecule has 0 spiro atoms.